The van der Waals surface area contributed by atoms with Gasteiger partial charge in [0.2, 0.25) is 10.0 Å². The van der Waals surface area contributed by atoms with E-state index in [-0.39, 0.29) is 31.1 Å². The highest BCUT2D eigenvalue weighted by molar-refractivity contribution is 7.89. The normalized spacial score (nSPS) is 15.3. The Morgan fingerprint density at radius 1 is 0.853 bits per heavy atom. The number of nitrogens with zero attached hydrogens (tertiary/aromatic N) is 2. The molecule has 0 bridgehead atoms. The Morgan fingerprint density at radius 3 is 2.12 bits per heavy atom. The van der Waals surface area contributed by atoms with Crippen molar-refractivity contribution < 1.29 is 18.0 Å². The molecular weight excluding hydrogens is 448 g/mol. The molecule has 1 heterocycles. The molecule has 2 aromatic carbocycles. The Balaban J connectivity index is 1.60. The van der Waals surface area contributed by atoms with Crippen molar-refractivity contribution in [2.24, 2.45) is 0 Å². The monoisotopic (exact) mass is 484 g/mol. The van der Waals surface area contributed by atoms with Crippen molar-refractivity contribution in [3.8, 4) is 0 Å². The van der Waals surface area contributed by atoms with Crippen molar-refractivity contribution in [3.63, 3.8) is 0 Å². The third kappa shape index (κ3) is 7.08. The van der Waals surface area contributed by atoms with Gasteiger partial charge in [-0.15, -0.1) is 0 Å². The number of benzene rings is 2. The van der Waals surface area contributed by atoms with Gasteiger partial charge < -0.3 is 0 Å². The van der Waals surface area contributed by atoms with E-state index in [1.165, 1.54) is 0 Å². The summed E-state index contributed by atoms with van der Waals surface area (Å²) < 4.78 is 28.1. The smallest absolute Gasteiger partial charge is 0.243 e. The molecule has 1 saturated heterocycles. The van der Waals surface area contributed by atoms with E-state index in [1.54, 1.807) is 35.3 Å². The summed E-state index contributed by atoms with van der Waals surface area (Å²) in [7, 11) is -1.82. The first-order valence-corrected chi connectivity index (χ1v) is 13.5. The Hall–Kier alpha value is -2.35. The molecule has 6 nitrogen and oxygen atoms in total. The largest absolute Gasteiger partial charge is 0.298 e. The van der Waals surface area contributed by atoms with E-state index in [1.807, 2.05) is 37.3 Å². The molecule has 3 rings (SSSR count). The summed E-state index contributed by atoms with van der Waals surface area (Å²) in [6.45, 7) is 5.21. The maximum absolute atomic E-state index is 13.3. The molecule has 0 aromatic heterocycles. The number of carbonyl (C=O) groups excluding carboxylic acids is 2. The zero-order valence-electron chi connectivity index (χ0n) is 20.5. The average Bonchev–Trinajstić information content (AvgIpc) is 3.06. The molecule has 0 unspecified atom stereocenters. The molecule has 1 fully saturated rings. The van der Waals surface area contributed by atoms with Crippen molar-refractivity contribution in [1.29, 1.82) is 0 Å². The quantitative estimate of drug-likeness (QED) is 0.514. The molecule has 0 spiro atoms. The molecule has 7 heteroatoms. The highest BCUT2D eigenvalue weighted by Gasteiger charge is 2.27. The SMILES string of the molecule is Cc1ccccc1CC(=O)CN(C)CC(=O)Cc1ccc(C)c(S(=O)(=O)N2CCCCCC2)c1. The number of carbonyl (C=O) groups is 2. The van der Waals surface area contributed by atoms with E-state index in [9.17, 15) is 18.0 Å². The van der Waals surface area contributed by atoms with Gasteiger partial charge in [0.15, 0.2) is 11.6 Å². The summed E-state index contributed by atoms with van der Waals surface area (Å²) in [5.41, 5.74) is 3.47. The average molecular weight is 485 g/mol. The second-order valence-electron chi connectivity index (χ2n) is 9.45. The number of hydrogen-bond donors (Lipinski definition) is 0. The van der Waals surface area contributed by atoms with Crippen LogP contribution < -0.4 is 0 Å². The first-order valence-electron chi connectivity index (χ1n) is 12.0. The second-order valence-corrected chi connectivity index (χ2v) is 11.4. The molecule has 0 amide bonds. The highest BCUT2D eigenvalue weighted by Crippen LogP contribution is 2.24. The number of Topliss-reactive ketones (excluding diaryl/α,β-unsaturated/α-hetero) is 2. The third-order valence-corrected chi connectivity index (χ3v) is 8.42. The first-order chi connectivity index (χ1) is 16.2. The summed E-state index contributed by atoms with van der Waals surface area (Å²) in [6.07, 6.45) is 4.36. The maximum Gasteiger partial charge on any atom is 0.243 e. The van der Waals surface area contributed by atoms with Crippen LogP contribution in [0.2, 0.25) is 0 Å². The standard InChI is InChI=1S/C27H36N2O4S/c1-21-10-6-7-11-24(21)18-26(31)20-28(3)19-25(30)16-23-13-12-22(2)27(17-23)34(32,33)29-14-8-4-5-9-15-29/h6-7,10-13,17H,4-5,8-9,14-16,18-20H2,1-3H3. The predicted octanol–water partition coefficient (Wildman–Crippen LogP) is 3.72. The van der Waals surface area contributed by atoms with Crippen LogP contribution in [-0.4, -0.2) is 62.4 Å². The lowest BCUT2D eigenvalue weighted by Gasteiger charge is -2.21. The van der Waals surface area contributed by atoms with Gasteiger partial charge in [0.1, 0.15) is 0 Å². The van der Waals surface area contributed by atoms with Crippen LogP contribution in [-0.2, 0) is 32.5 Å². The molecule has 2 aromatic rings. The van der Waals surface area contributed by atoms with Gasteiger partial charge in [0, 0.05) is 25.9 Å². The predicted molar refractivity (Wildman–Crippen MR) is 135 cm³/mol. The summed E-state index contributed by atoms with van der Waals surface area (Å²) >= 11 is 0. The molecule has 0 saturated carbocycles. The van der Waals surface area contributed by atoms with Crippen LogP contribution in [0, 0.1) is 13.8 Å². The van der Waals surface area contributed by atoms with Crippen molar-refractivity contribution in [3.05, 3.63) is 64.7 Å². The number of ketones is 2. The topological polar surface area (TPSA) is 74.8 Å². The zero-order chi connectivity index (χ0) is 24.7. The molecular formula is C27H36N2O4S. The maximum atomic E-state index is 13.3. The molecule has 0 N–H and O–H groups in total. The minimum absolute atomic E-state index is 0.0480. The molecule has 1 aliphatic heterocycles. The van der Waals surface area contributed by atoms with Crippen LogP contribution in [0.3, 0.4) is 0 Å². The van der Waals surface area contributed by atoms with Crippen LogP contribution >= 0.6 is 0 Å². The van der Waals surface area contributed by atoms with Crippen LogP contribution in [0.4, 0.5) is 0 Å². The van der Waals surface area contributed by atoms with Gasteiger partial charge in [-0.25, -0.2) is 8.42 Å². The summed E-state index contributed by atoms with van der Waals surface area (Å²) in [4.78, 5) is 27.2. The van der Waals surface area contributed by atoms with Crippen LogP contribution in [0.15, 0.2) is 47.4 Å². The number of rotatable bonds is 10. The van der Waals surface area contributed by atoms with E-state index in [4.69, 9.17) is 0 Å². The van der Waals surface area contributed by atoms with Gasteiger partial charge in [-0.3, -0.25) is 14.5 Å². The van der Waals surface area contributed by atoms with Gasteiger partial charge in [-0.2, -0.15) is 4.31 Å². The summed E-state index contributed by atoms with van der Waals surface area (Å²) in [6, 6.07) is 13.1. The Morgan fingerprint density at radius 2 is 1.47 bits per heavy atom. The van der Waals surface area contributed by atoms with Gasteiger partial charge in [0.25, 0.3) is 0 Å². The van der Waals surface area contributed by atoms with Gasteiger partial charge in [0.05, 0.1) is 18.0 Å². The van der Waals surface area contributed by atoms with Gasteiger partial charge in [-0.1, -0.05) is 49.2 Å². The fraction of sp³-hybridized carbons (Fsp3) is 0.481. The van der Waals surface area contributed by atoms with Crippen molar-refractivity contribution >= 4 is 21.6 Å². The van der Waals surface area contributed by atoms with Gasteiger partial charge in [-0.05, 0) is 62.1 Å². The molecule has 0 atom stereocenters. The Bertz CT molecular complexity index is 1120. The van der Waals surface area contributed by atoms with E-state index in [2.05, 4.69) is 0 Å². The van der Waals surface area contributed by atoms with Crippen molar-refractivity contribution in [2.75, 3.05) is 33.2 Å². The van der Waals surface area contributed by atoms with E-state index < -0.39 is 10.0 Å². The van der Waals surface area contributed by atoms with Crippen LogP contribution in [0.5, 0.6) is 0 Å². The lowest BCUT2D eigenvalue weighted by molar-refractivity contribution is -0.121. The first kappa shape index (κ1) is 26.3. The minimum Gasteiger partial charge on any atom is -0.298 e. The molecule has 0 aliphatic carbocycles. The van der Waals surface area contributed by atoms with Gasteiger partial charge >= 0.3 is 0 Å². The number of hydrogen-bond acceptors (Lipinski definition) is 5. The van der Waals surface area contributed by atoms with E-state index in [0.29, 0.717) is 35.5 Å². The van der Waals surface area contributed by atoms with Crippen LogP contribution in [0.25, 0.3) is 0 Å². The minimum atomic E-state index is -3.58. The Kier molecular flexibility index (Phi) is 9.17. The second kappa shape index (κ2) is 11.9. The summed E-state index contributed by atoms with van der Waals surface area (Å²) in [5, 5.41) is 0. The highest BCUT2D eigenvalue weighted by atomic mass is 32.2. The third-order valence-electron chi connectivity index (χ3n) is 6.38. The zero-order valence-corrected chi connectivity index (χ0v) is 21.4. The van der Waals surface area contributed by atoms with E-state index in [0.717, 1.165) is 36.8 Å². The fourth-order valence-corrected chi connectivity index (χ4v) is 6.26. The molecule has 184 valence electrons. The molecule has 34 heavy (non-hydrogen) atoms. The lowest BCUT2D eigenvalue weighted by Crippen LogP contribution is -2.33. The number of likely N-dealkylation sites (N-methyl/N-ethyl adjacent to an activating group) is 1. The number of sulfonamides is 1. The summed E-state index contributed by atoms with van der Waals surface area (Å²) in [5.74, 6) is 0.0129. The molecule has 1 aliphatic rings. The lowest BCUT2D eigenvalue weighted by atomic mass is 10.0. The number of aryl methyl sites for hydroxylation is 2. The van der Waals surface area contributed by atoms with Crippen molar-refractivity contribution in [2.45, 2.75) is 57.3 Å². The fourth-order valence-electron chi connectivity index (χ4n) is 4.47. The molecule has 0 radical (unpaired) electrons. The van der Waals surface area contributed by atoms with Crippen molar-refractivity contribution in [1.82, 2.24) is 9.21 Å². The van der Waals surface area contributed by atoms with E-state index >= 15 is 0 Å². The van der Waals surface area contributed by atoms with Crippen LogP contribution in [0.1, 0.15) is 47.9 Å². The Labute approximate surface area is 204 Å².